The zero-order chi connectivity index (χ0) is 19.8. The molecule has 2 fully saturated rings. The van der Waals surface area contributed by atoms with E-state index in [1.54, 1.807) is 4.90 Å². The SMILES string of the molecule is N[C@@H]1CN(Cc2cccc3c2C(=O)N(C2CCC(=O)NC2=O)C3)CC[C@H]1CO. The predicted molar refractivity (Wildman–Crippen MR) is 101 cm³/mol. The van der Waals surface area contributed by atoms with Crippen molar-refractivity contribution in [3.05, 3.63) is 34.9 Å². The molecule has 3 aliphatic heterocycles. The Hall–Kier alpha value is -2.29. The van der Waals surface area contributed by atoms with Gasteiger partial charge in [0.25, 0.3) is 5.91 Å². The van der Waals surface area contributed by atoms with Crippen LogP contribution in [0.2, 0.25) is 0 Å². The van der Waals surface area contributed by atoms with Gasteiger partial charge in [0, 0.05) is 44.3 Å². The fraction of sp³-hybridized carbons (Fsp3) is 0.550. The number of imide groups is 1. The highest BCUT2D eigenvalue weighted by molar-refractivity contribution is 6.05. The van der Waals surface area contributed by atoms with Crippen LogP contribution in [0.3, 0.4) is 0 Å². The number of nitrogens with two attached hydrogens (primary N) is 1. The molecule has 1 unspecified atom stereocenters. The molecule has 4 rings (SSSR count). The van der Waals surface area contributed by atoms with Gasteiger partial charge in [-0.3, -0.25) is 24.6 Å². The summed E-state index contributed by atoms with van der Waals surface area (Å²) in [6.45, 7) is 2.62. The van der Waals surface area contributed by atoms with Gasteiger partial charge >= 0.3 is 0 Å². The van der Waals surface area contributed by atoms with Gasteiger partial charge in [0.05, 0.1) is 0 Å². The number of aliphatic hydroxyl groups excluding tert-OH is 1. The van der Waals surface area contributed by atoms with Crippen LogP contribution in [-0.4, -0.2) is 64.4 Å². The molecule has 3 amide bonds. The van der Waals surface area contributed by atoms with Gasteiger partial charge in [0.2, 0.25) is 11.8 Å². The average molecular weight is 386 g/mol. The molecule has 0 saturated carbocycles. The molecule has 150 valence electrons. The van der Waals surface area contributed by atoms with Crippen molar-refractivity contribution in [2.24, 2.45) is 11.7 Å². The first-order valence-electron chi connectivity index (χ1n) is 9.82. The molecule has 8 nitrogen and oxygen atoms in total. The maximum absolute atomic E-state index is 13.1. The maximum atomic E-state index is 13.1. The first-order valence-corrected chi connectivity index (χ1v) is 9.82. The van der Waals surface area contributed by atoms with Crippen LogP contribution in [0.4, 0.5) is 0 Å². The minimum absolute atomic E-state index is 0.0776. The van der Waals surface area contributed by atoms with Crippen LogP contribution in [-0.2, 0) is 22.7 Å². The van der Waals surface area contributed by atoms with Crippen LogP contribution >= 0.6 is 0 Å². The van der Waals surface area contributed by atoms with Crippen molar-refractivity contribution >= 4 is 17.7 Å². The van der Waals surface area contributed by atoms with E-state index in [0.29, 0.717) is 31.6 Å². The lowest BCUT2D eigenvalue weighted by Gasteiger charge is -2.36. The normalized spacial score (nSPS) is 28.4. The van der Waals surface area contributed by atoms with Crippen molar-refractivity contribution in [2.75, 3.05) is 19.7 Å². The molecule has 3 heterocycles. The number of carbonyl (C=O) groups is 3. The standard InChI is InChI=1S/C20H26N4O4/c21-15-10-23(7-6-14(15)11-25)8-12-2-1-3-13-9-24(20(28)18(12)13)16-4-5-17(26)22-19(16)27/h1-3,14-16,25H,4-11,21H2,(H,22,26,27)/t14-,15+,16?/m0/s1. The molecule has 1 aromatic carbocycles. The summed E-state index contributed by atoms with van der Waals surface area (Å²) in [5.74, 6) is -0.693. The number of carbonyl (C=O) groups excluding carboxylic acids is 3. The molecule has 0 radical (unpaired) electrons. The molecular weight excluding hydrogens is 360 g/mol. The Kier molecular flexibility index (Phi) is 5.18. The summed E-state index contributed by atoms with van der Waals surface area (Å²) in [6, 6.07) is 5.14. The van der Waals surface area contributed by atoms with Crippen molar-refractivity contribution in [1.82, 2.24) is 15.1 Å². The quantitative estimate of drug-likeness (QED) is 0.606. The van der Waals surface area contributed by atoms with Crippen molar-refractivity contribution in [3.8, 4) is 0 Å². The largest absolute Gasteiger partial charge is 0.396 e. The lowest BCUT2D eigenvalue weighted by Crippen LogP contribution is -2.52. The van der Waals surface area contributed by atoms with Crippen LogP contribution in [0.25, 0.3) is 0 Å². The highest BCUT2D eigenvalue weighted by atomic mass is 16.3. The van der Waals surface area contributed by atoms with Crippen LogP contribution < -0.4 is 11.1 Å². The summed E-state index contributed by atoms with van der Waals surface area (Å²) < 4.78 is 0. The second-order valence-corrected chi connectivity index (χ2v) is 7.98. The fourth-order valence-corrected chi connectivity index (χ4v) is 4.53. The Bertz CT molecular complexity index is 811. The molecule has 4 N–H and O–H groups in total. The molecule has 2 saturated heterocycles. The lowest BCUT2D eigenvalue weighted by atomic mass is 9.92. The number of piperidine rings is 2. The third-order valence-corrected chi connectivity index (χ3v) is 6.16. The minimum atomic E-state index is -0.598. The number of nitrogens with zero attached hydrogens (tertiary/aromatic N) is 2. The smallest absolute Gasteiger partial charge is 0.255 e. The molecule has 8 heteroatoms. The Morgan fingerprint density at radius 3 is 2.75 bits per heavy atom. The molecule has 1 aromatic rings. The molecule has 3 aliphatic rings. The summed E-state index contributed by atoms with van der Waals surface area (Å²) in [7, 11) is 0. The summed E-state index contributed by atoms with van der Waals surface area (Å²) in [4.78, 5) is 40.6. The molecule has 0 spiro atoms. The van der Waals surface area contributed by atoms with Gasteiger partial charge in [-0.15, -0.1) is 0 Å². The Morgan fingerprint density at radius 1 is 1.21 bits per heavy atom. The first-order chi connectivity index (χ1) is 13.5. The van der Waals surface area contributed by atoms with Gasteiger partial charge in [-0.25, -0.2) is 0 Å². The second-order valence-electron chi connectivity index (χ2n) is 7.98. The van der Waals surface area contributed by atoms with Gasteiger partial charge < -0.3 is 15.7 Å². The molecule has 0 aromatic heterocycles. The van der Waals surface area contributed by atoms with E-state index >= 15 is 0 Å². The lowest BCUT2D eigenvalue weighted by molar-refractivity contribution is -0.136. The van der Waals surface area contributed by atoms with E-state index in [1.807, 2.05) is 18.2 Å². The summed E-state index contributed by atoms with van der Waals surface area (Å²) in [5.41, 5.74) is 8.70. The van der Waals surface area contributed by atoms with E-state index in [0.717, 1.165) is 24.1 Å². The number of fused-ring (bicyclic) bond motifs is 1. The average Bonchev–Trinajstić information content (AvgIpc) is 2.99. The van der Waals surface area contributed by atoms with Crippen molar-refractivity contribution in [1.29, 1.82) is 0 Å². The fourth-order valence-electron chi connectivity index (χ4n) is 4.53. The topological polar surface area (TPSA) is 116 Å². The van der Waals surface area contributed by atoms with Gasteiger partial charge in [-0.05, 0) is 36.4 Å². The third-order valence-electron chi connectivity index (χ3n) is 6.16. The number of amides is 3. The highest BCUT2D eigenvalue weighted by Crippen LogP contribution is 2.31. The molecule has 0 aliphatic carbocycles. The van der Waals surface area contributed by atoms with E-state index < -0.39 is 11.9 Å². The number of likely N-dealkylation sites (tertiary alicyclic amines) is 1. The van der Waals surface area contributed by atoms with E-state index in [2.05, 4.69) is 10.2 Å². The van der Waals surface area contributed by atoms with E-state index in [1.165, 1.54) is 0 Å². The Labute approximate surface area is 163 Å². The van der Waals surface area contributed by atoms with Crippen molar-refractivity contribution < 1.29 is 19.5 Å². The van der Waals surface area contributed by atoms with Crippen LogP contribution in [0, 0.1) is 5.92 Å². The van der Waals surface area contributed by atoms with Crippen molar-refractivity contribution in [3.63, 3.8) is 0 Å². The van der Waals surface area contributed by atoms with Crippen LogP contribution in [0.5, 0.6) is 0 Å². The molecule has 3 atom stereocenters. The Morgan fingerprint density at radius 2 is 2.04 bits per heavy atom. The van der Waals surface area contributed by atoms with E-state index in [4.69, 9.17) is 5.73 Å². The summed E-state index contributed by atoms with van der Waals surface area (Å²) in [5, 5.41) is 11.7. The number of aliphatic hydroxyl groups is 1. The van der Waals surface area contributed by atoms with Crippen molar-refractivity contribution in [2.45, 2.75) is 44.4 Å². The highest BCUT2D eigenvalue weighted by Gasteiger charge is 2.40. The van der Waals surface area contributed by atoms with E-state index in [9.17, 15) is 19.5 Å². The predicted octanol–water partition coefficient (Wildman–Crippen LogP) is -0.411. The maximum Gasteiger partial charge on any atom is 0.255 e. The minimum Gasteiger partial charge on any atom is -0.396 e. The number of rotatable bonds is 4. The van der Waals surface area contributed by atoms with Gasteiger partial charge in [0.15, 0.2) is 0 Å². The van der Waals surface area contributed by atoms with Crippen LogP contribution in [0.1, 0.15) is 40.7 Å². The van der Waals surface area contributed by atoms with Gasteiger partial charge in [0.1, 0.15) is 6.04 Å². The van der Waals surface area contributed by atoms with Gasteiger partial charge in [-0.1, -0.05) is 18.2 Å². The monoisotopic (exact) mass is 386 g/mol. The van der Waals surface area contributed by atoms with Crippen LogP contribution in [0.15, 0.2) is 18.2 Å². The third kappa shape index (κ3) is 3.43. The van der Waals surface area contributed by atoms with E-state index in [-0.39, 0.29) is 36.8 Å². The summed E-state index contributed by atoms with van der Waals surface area (Å²) in [6.07, 6.45) is 1.45. The van der Waals surface area contributed by atoms with Gasteiger partial charge in [-0.2, -0.15) is 0 Å². The zero-order valence-electron chi connectivity index (χ0n) is 15.8. The zero-order valence-corrected chi connectivity index (χ0v) is 15.8. The number of hydrogen-bond donors (Lipinski definition) is 3. The summed E-state index contributed by atoms with van der Waals surface area (Å²) >= 11 is 0. The number of hydrogen-bond acceptors (Lipinski definition) is 6. The number of nitrogens with one attached hydrogen (secondary N) is 1. The molecule has 0 bridgehead atoms. The molecule has 28 heavy (non-hydrogen) atoms. The second kappa shape index (κ2) is 7.62. The first kappa shape index (κ1) is 19.0. The Balaban J connectivity index is 1.51. The molecular formula is C20H26N4O4. The number of benzene rings is 1.